The minimum absolute atomic E-state index is 0.210. The van der Waals surface area contributed by atoms with Gasteiger partial charge in [-0.2, -0.15) is 0 Å². The van der Waals surface area contributed by atoms with Crippen LogP contribution in [0.1, 0.15) is 24.7 Å². The average Bonchev–Trinajstić information content (AvgIpc) is 2.77. The van der Waals surface area contributed by atoms with Crippen LogP contribution >= 0.6 is 11.6 Å². The van der Waals surface area contributed by atoms with E-state index in [1.165, 1.54) is 0 Å². The Hall–Kier alpha value is -1.59. The predicted octanol–water partition coefficient (Wildman–Crippen LogP) is 2.32. The third-order valence-electron chi connectivity index (χ3n) is 2.05. The zero-order chi connectivity index (χ0) is 12.3. The van der Waals surface area contributed by atoms with Crippen LogP contribution in [0.2, 0.25) is 5.02 Å². The number of hydrogen-bond donors (Lipinski definition) is 1. The summed E-state index contributed by atoms with van der Waals surface area (Å²) in [6.45, 7) is 1.98. The number of halogens is 1. The van der Waals surface area contributed by atoms with Crippen LogP contribution in [0.25, 0.3) is 0 Å². The number of aromatic nitrogens is 2. The quantitative estimate of drug-likeness (QED) is 0.905. The fourth-order valence-electron chi connectivity index (χ4n) is 1.18. The second kappa shape index (κ2) is 5.16. The summed E-state index contributed by atoms with van der Waals surface area (Å²) < 4.78 is 10.7. The Labute approximate surface area is 104 Å². The van der Waals surface area contributed by atoms with Gasteiger partial charge in [0.15, 0.2) is 6.61 Å². The molecule has 2 rings (SSSR count). The highest BCUT2D eigenvalue weighted by molar-refractivity contribution is 6.30. The van der Waals surface area contributed by atoms with Crippen LogP contribution in [-0.4, -0.2) is 10.2 Å². The summed E-state index contributed by atoms with van der Waals surface area (Å²) in [6, 6.07) is 6.76. The number of rotatable bonds is 4. The highest BCUT2D eigenvalue weighted by Gasteiger charge is 2.09. The lowest BCUT2D eigenvalue weighted by Crippen LogP contribution is -2.04. The predicted molar refractivity (Wildman–Crippen MR) is 62.7 cm³/mol. The van der Waals surface area contributed by atoms with Crippen molar-refractivity contribution in [3.8, 4) is 5.75 Å². The molecule has 1 aromatic carbocycles. The lowest BCUT2D eigenvalue weighted by atomic mass is 10.3. The van der Waals surface area contributed by atoms with E-state index in [4.69, 9.17) is 26.5 Å². The van der Waals surface area contributed by atoms with Crippen molar-refractivity contribution in [3.05, 3.63) is 41.1 Å². The van der Waals surface area contributed by atoms with Crippen molar-refractivity contribution >= 4 is 11.6 Å². The Morgan fingerprint density at radius 1 is 1.35 bits per heavy atom. The Bertz CT molecular complexity index is 482. The van der Waals surface area contributed by atoms with Gasteiger partial charge in [-0.1, -0.05) is 11.6 Å². The Balaban J connectivity index is 1.95. The van der Waals surface area contributed by atoms with Gasteiger partial charge in [0, 0.05) is 5.02 Å². The Kier molecular flexibility index (Phi) is 3.61. The van der Waals surface area contributed by atoms with Gasteiger partial charge in [-0.25, -0.2) is 0 Å². The molecule has 17 heavy (non-hydrogen) atoms. The number of nitrogens with zero attached hydrogens (tertiary/aromatic N) is 2. The van der Waals surface area contributed by atoms with Gasteiger partial charge in [-0.15, -0.1) is 10.2 Å². The van der Waals surface area contributed by atoms with Crippen molar-refractivity contribution in [1.82, 2.24) is 10.2 Å². The van der Waals surface area contributed by atoms with E-state index in [-0.39, 0.29) is 12.6 Å². The van der Waals surface area contributed by atoms with E-state index in [9.17, 15) is 0 Å². The van der Waals surface area contributed by atoms with Crippen LogP contribution in [0, 0.1) is 0 Å². The molecule has 1 unspecified atom stereocenters. The van der Waals surface area contributed by atoms with Gasteiger partial charge in [-0.05, 0) is 31.2 Å². The van der Waals surface area contributed by atoms with Crippen molar-refractivity contribution in [1.29, 1.82) is 0 Å². The van der Waals surface area contributed by atoms with Crippen LogP contribution in [0.4, 0.5) is 0 Å². The minimum Gasteiger partial charge on any atom is -0.484 e. The van der Waals surface area contributed by atoms with E-state index >= 15 is 0 Å². The highest BCUT2D eigenvalue weighted by Crippen LogP contribution is 2.17. The Morgan fingerprint density at radius 2 is 2.06 bits per heavy atom. The first kappa shape index (κ1) is 11.9. The summed E-state index contributed by atoms with van der Waals surface area (Å²) in [6.07, 6.45) is 0. The summed E-state index contributed by atoms with van der Waals surface area (Å²) in [4.78, 5) is 0. The van der Waals surface area contributed by atoms with E-state index in [1.54, 1.807) is 31.2 Å². The second-order valence-corrected chi connectivity index (χ2v) is 4.00. The van der Waals surface area contributed by atoms with E-state index in [0.717, 1.165) is 0 Å². The van der Waals surface area contributed by atoms with Crippen LogP contribution in [-0.2, 0) is 6.61 Å². The standard InChI is InChI=1S/C11H12ClN3O2/c1-7(13)11-15-14-10(17-11)6-16-9-4-2-8(12)3-5-9/h2-5,7H,6,13H2,1H3. The third kappa shape index (κ3) is 3.18. The smallest absolute Gasteiger partial charge is 0.253 e. The molecule has 0 aliphatic heterocycles. The molecule has 6 heteroatoms. The van der Waals surface area contributed by atoms with Crippen molar-refractivity contribution in [3.63, 3.8) is 0 Å². The molecule has 1 aromatic heterocycles. The zero-order valence-electron chi connectivity index (χ0n) is 9.26. The van der Waals surface area contributed by atoms with E-state index in [1.807, 2.05) is 0 Å². The fraction of sp³-hybridized carbons (Fsp3) is 0.273. The van der Waals surface area contributed by atoms with Gasteiger partial charge in [0.2, 0.25) is 5.89 Å². The number of nitrogens with two attached hydrogens (primary N) is 1. The summed E-state index contributed by atoms with van der Waals surface area (Å²) in [5.74, 6) is 1.49. The first-order valence-corrected chi connectivity index (χ1v) is 5.49. The monoisotopic (exact) mass is 253 g/mol. The molecular weight excluding hydrogens is 242 g/mol. The second-order valence-electron chi connectivity index (χ2n) is 3.57. The number of ether oxygens (including phenoxy) is 1. The molecule has 1 heterocycles. The molecule has 0 saturated carbocycles. The minimum atomic E-state index is -0.271. The van der Waals surface area contributed by atoms with Crippen molar-refractivity contribution < 1.29 is 9.15 Å². The molecule has 0 spiro atoms. The van der Waals surface area contributed by atoms with Gasteiger partial charge in [0.1, 0.15) is 5.75 Å². The molecule has 0 fully saturated rings. The summed E-state index contributed by atoms with van der Waals surface area (Å²) >= 11 is 5.76. The van der Waals surface area contributed by atoms with E-state index < -0.39 is 0 Å². The first-order chi connectivity index (χ1) is 8.15. The lowest BCUT2D eigenvalue weighted by molar-refractivity contribution is 0.257. The molecule has 90 valence electrons. The summed E-state index contributed by atoms with van der Waals surface area (Å²) in [7, 11) is 0. The molecule has 0 saturated heterocycles. The normalized spacial score (nSPS) is 12.4. The largest absolute Gasteiger partial charge is 0.484 e. The van der Waals surface area contributed by atoms with Crippen LogP contribution in [0.15, 0.2) is 28.7 Å². The van der Waals surface area contributed by atoms with Crippen LogP contribution in [0.3, 0.4) is 0 Å². The molecular formula is C11H12ClN3O2. The van der Waals surface area contributed by atoms with Crippen molar-refractivity contribution in [2.75, 3.05) is 0 Å². The maximum absolute atomic E-state index is 5.76. The topological polar surface area (TPSA) is 74.2 Å². The van der Waals surface area contributed by atoms with E-state index in [0.29, 0.717) is 22.6 Å². The Morgan fingerprint density at radius 3 is 2.65 bits per heavy atom. The molecule has 0 bridgehead atoms. The molecule has 0 aliphatic rings. The van der Waals surface area contributed by atoms with Crippen LogP contribution < -0.4 is 10.5 Å². The van der Waals surface area contributed by atoms with Crippen molar-refractivity contribution in [2.45, 2.75) is 19.6 Å². The third-order valence-corrected chi connectivity index (χ3v) is 2.30. The van der Waals surface area contributed by atoms with Gasteiger partial charge < -0.3 is 14.9 Å². The number of benzene rings is 1. The van der Waals surface area contributed by atoms with Gasteiger partial charge >= 0.3 is 0 Å². The van der Waals surface area contributed by atoms with Crippen LogP contribution in [0.5, 0.6) is 5.75 Å². The molecule has 2 N–H and O–H groups in total. The van der Waals surface area contributed by atoms with Gasteiger partial charge in [0.25, 0.3) is 5.89 Å². The van der Waals surface area contributed by atoms with Gasteiger partial charge in [0.05, 0.1) is 6.04 Å². The molecule has 0 aliphatic carbocycles. The lowest BCUT2D eigenvalue weighted by Gasteiger charge is -2.02. The summed E-state index contributed by atoms with van der Waals surface area (Å²) in [5, 5.41) is 8.28. The maximum Gasteiger partial charge on any atom is 0.253 e. The molecule has 5 nitrogen and oxygen atoms in total. The summed E-state index contributed by atoms with van der Waals surface area (Å²) in [5.41, 5.74) is 5.60. The zero-order valence-corrected chi connectivity index (χ0v) is 10.0. The molecule has 0 amide bonds. The first-order valence-electron chi connectivity index (χ1n) is 5.11. The maximum atomic E-state index is 5.76. The number of hydrogen-bond acceptors (Lipinski definition) is 5. The fourth-order valence-corrected chi connectivity index (χ4v) is 1.31. The molecule has 1 atom stereocenters. The molecule has 0 radical (unpaired) electrons. The SMILES string of the molecule is CC(N)c1nnc(COc2ccc(Cl)cc2)o1. The van der Waals surface area contributed by atoms with Crippen molar-refractivity contribution in [2.24, 2.45) is 5.73 Å². The van der Waals surface area contributed by atoms with Gasteiger partial charge in [-0.3, -0.25) is 0 Å². The molecule has 2 aromatic rings. The van der Waals surface area contributed by atoms with E-state index in [2.05, 4.69) is 10.2 Å². The average molecular weight is 254 g/mol. The highest BCUT2D eigenvalue weighted by atomic mass is 35.5.